The summed E-state index contributed by atoms with van der Waals surface area (Å²) in [6.07, 6.45) is -0.0315. The maximum atomic E-state index is 11.6. The highest BCUT2D eigenvalue weighted by Crippen LogP contribution is 2.01. The number of carbonyl (C=O) groups is 4. The molecule has 132 valence electrons. The summed E-state index contributed by atoms with van der Waals surface area (Å²) in [6, 6.07) is -1.17. The van der Waals surface area contributed by atoms with Crippen LogP contribution in [0.25, 0.3) is 0 Å². The Morgan fingerprint density at radius 3 is 2.09 bits per heavy atom. The van der Waals surface area contributed by atoms with Gasteiger partial charge in [-0.1, -0.05) is 0 Å². The van der Waals surface area contributed by atoms with Crippen molar-refractivity contribution in [3.8, 4) is 0 Å². The first-order valence-corrected chi connectivity index (χ1v) is 7.27. The molecule has 0 aromatic heterocycles. The van der Waals surface area contributed by atoms with Crippen molar-refractivity contribution >= 4 is 23.8 Å². The normalized spacial score (nSPS) is 12.3. The molecule has 0 aliphatic carbocycles. The summed E-state index contributed by atoms with van der Waals surface area (Å²) in [4.78, 5) is 44.6. The van der Waals surface area contributed by atoms with Crippen molar-refractivity contribution in [2.75, 3.05) is 13.1 Å². The molecule has 0 bridgehead atoms. The Morgan fingerprint density at radius 1 is 1.00 bits per heavy atom. The lowest BCUT2D eigenvalue weighted by molar-refractivity contribution is -0.142. The predicted molar refractivity (Wildman–Crippen MR) is 81.8 cm³/mol. The van der Waals surface area contributed by atoms with Gasteiger partial charge in [0.1, 0.15) is 6.04 Å². The van der Waals surface area contributed by atoms with Crippen molar-refractivity contribution in [2.45, 2.75) is 51.6 Å². The highest BCUT2D eigenvalue weighted by molar-refractivity contribution is 5.88. The van der Waals surface area contributed by atoms with Crippen LogP contribution in [0.3, 0.4) is 0 Å². The molecule has 9 heteroatoms. The maximum absolute atomic E-state index is 11.6. The minimum atomic E-state index is -1.25. The largest absolute Gasteiger partial charge is 0.481 e. The topological polar surface area (TPSA) is 145 Å². The summed E-state index contributed by atoms with van der Waals surface area (Å²) in [5.41, 5.74) is -0.238. The Balaban J connectivity index is 4.15. The van der Waals surface area contributed by atoms with Gasteiger partial charge in [-0.15, -0.1) is 0 Å². The van der Waals surface area contributed by atoms with E-state index in [-0.39, 0.29) is 43.8 Å². The van der Waals surface area contributed by atoms with Gasteiger partial charge in [-0.25, -0.2) is 4.79 Å². The lowest BCUT2D eigenvalue weighted by atomic mass is 10.1. The standard InChI is InChI=1S/C14H25N3O6/c1-14(2,3)16-8-10(18)15-7-11(19)17-9(13(22)23)5-4-6-12(20)21/h9,16H,4-8H2,1-3H3,(H,15,18)(H,17,19)(H,20,21)(H,22,23). The third-order valence-corrected chi connectivity index (χ3v) is 2.74. The molecule has 0 saturated heterocycles. The van der Waals surface area contributed by atoms with E-state index in [9.17, 15) is 19.2 Å². The molecule has 5 N–H and O–H groups in total. The summed E-state index contributed by atoms with van der Waals surface area (Å²) < 4.78 is 0. The minimum absolute atomic E-state index is 0.00684. The molecular formula is C14H25N3O6. The Hall–Kier alpha value is -2.16. The number of hydrogen-bond acceptors (Lipinski definition) is 5. The van der Waals surface area contributed by atoms with Gasteiger partial charge in [0.25, 0.3) is 0 Å². The highest BCUT2D eigenvalue weighted by atomic mass is 16.4. The SMILES string of the molecule is CC(C)(C)NCC(=O)NCC(=O)NC(CCCC(=O)O)C(=O)O. The van der Waals surface area contributed by atoms with E-state index in [1.807, 2.05) is 20.8 Å². The summed E-state index contributed by atoms with van der Waals surface area (Å²) in [5.74, 6) is -3.30. The lowest BCUT2D eigenvalue weighted by Crippen LogP contribution is -2.48. The summed E-state index contributed by atoms with van der Waals surface area (Å²) in [5, 5.41) is 25.1. The van der Waals surface area contributed by atoms with Gasteiger partial charge < -0.3 is 26.2 Å². The fourth-order valence-corrected chi connectivity index (χ4v) is 1.55. The lowest BCUT2D eigenvalue weighted by Gasteiger charge is -2.20. The molecule has 0 saturated carbocycles. The molecule has 0 rings (SSSR count). The molecule has 2 amide bonds. The number of nitrogens with one attached hydrogen (secondary N) is 3. The predicted octanol–water partition coefficient (Wildman–Crippen LogP) is -0.685. The Morgan fingerprint density at radius 2 is 1.61 bits per heavy atom. The summed E-state index contributed by atoms with van der Waals surface area (Å²) in [6.45, 7) is 5.37. The van der Waals surface area contributed by atoms with Gasteiger partial charge >= 0.3 is 11.9 Å². The van der Waals surface area contributed by atoms with E-state index in [1.165, 1.54) is 0 Å². The monoisotopic (exact) mass is 331 g/mol. The number of carboxylic acids is 2. The van der Waals surface area contributed by atoms with Crippen LogP contribution in [0.1, 0.15) is 40.0 Å². The van der Waals surface area contributed by atoms with Crippen LogP contribution < -0.4 is 16.0 Å². The van der Waals surface area contributed by atoms with Crippen LogP contribution in [0.15, 0.2) is 0 Å². The van der Waals surface area contributed by atoms with E-state index < -0.39 is 23.9 Å². The van der Waals surface area contributed by atoms with E-state index in [4.69, 9.17) is 10.2 Å². The van der Waals surface area contributed by atoms with E-state index in [0.29, 0.717) is 0 Å². The average Bonchev–Trinajstić information content (AvgIpc) is 2.40. The fourth-order valence-electron chi connectivity index (χ4n) is 1.55. The molecule has 0 aromatic carbocycles. The second-order valence-corrected chi connectivity index (χ2v) is 6.12. The molecule has 0 fully saturated rings. The number of rotatable bonds is 10. The average molecular weight is 331 g/mol. The number of amides is 2. The van der Waals surface area contributed by atoms with Crippen LogP contribution in [-0.4, -0.2) is 58.6 Å². The Bertz CT molecular complexity index is 444. The zero-order chi connectivity index (χ0) is 18.0. The molecule has 1 atom stereocenters. The van der Waals surface area contributed by atoms with Crippen LogP contribution in [0.5, 0.6) is 0 Å². The second-order valence-electron chi connectivity index (χ2n) is 6.12. The molecule has 0 spiro atoms. The first-order valence-electron chi connectivity index (χ1n) is 7.27. The molecular weight excluding hydrogens is 306 g/mol. The fraction of sp³-hybridized carbons (Fsp3) is 0.714. The van der Waals surface area contributed by atoms with E-state index in [1.54, 1.807) is 0 Å². The molecule has 0 heterocycles. The molecule has 1 unspecified atom stereocenters. The van der Waals surface area contributed by atoms with Crippen molar-refractivity contribution in [1.82, 2.24) is 16.0 Å². The van der Waals surface area contributed by atoms with Crippen LogP contribution in [0.2, 0.25) is 0 Å². The molecule has 23 heavy (non-hydrogen) atoms. The number of carboxylic acid groups (broad SMARTS) is 2. The minimum Gasteiger partial charge on any atom is -0.481 e. The maximum Gasteiger partial charge on any atom is 0.326 e. The van der Waals surface area contributed by atoms with Crippen molar-refractivity contribution in [3.63, 3.8) is 0 Å². The number of hydrogen-bond donors (Lipinski definition) is 5. The quantitative estimate of drug-likeness (QED) is 0.356. The van der Waals surface area contributed by atoms with Crippen molar-refractivity contribution in [2.24, 2.45) is 0 Å². The molecule has 0 aromatic rings. The Kier molecular flexibility index (Phi) is 8.86. The molecule has 0 aliphatic heterocycles. The third kappa shape index (κ3) is 12.1. The van der Waals surface area contributed by atoms with Gasteiger partial charge in [-0.05, 0) is 33.6 Å². The number of aliphatic carboxylic acids is 2. The van der Waals surface area contributed by atoms with Gasteiger partial charge in [0.15, 0.2) is 0 Å². The van der Waals surface area contributed by atoms with Crippen molar-refractivity contribution in [3.05, 3.63) is 0 Å². The van der Waals surface area contributed by atoms with E-state index >= 15 is 0 Å². The third-order valence-electron chi connectivity index (χ3n) is 2.74. The zero-order valence-corrected chi connectivity index (χ0v) is 13.6. The van der Waals surface area contributed by atoms with E-state index in [0.717, 1.165) is 0 Å². The first kappa shape index (κ1) is 20.8. The smallest absolute Gasteiger partial charge is 0.326 e. The Labute approximate surface area is 134 Å². The van der Waals surface area contributed by atoms with Crippen LogP contribution >= 0.6 is 0 Å². The van der Waals surface area contributed by atoms with Gasteiger partial charge in [0.2, 0.25) is 11.8 Å². The summed E-state index contributed by atoms with van der Waals surface area (Å²) >= 11 is 0. The van der Waals surface area contributed by atoms with Crippen molar-refractivity contribution < 1.29 is 29.4 Å². The molecule has 0 aliphatic rings. The second kappa shape index (κ2) is 9.78. The van der Waals surface area contributed by atoms with Crippen LogP contribution in [-0.2, 0) is 19.2 Å². The first-order chi connectivity index (χ1) is 10.5. The summed E-state index contributed by atoms with van der Waals surface area (Å²) in [7, 11) is 0. The van der Waals surface area contributed by atoms with Crippen LogP contribution in [0, 0.1) is 0 Å². The molecule has 0 radical (unpaired) electrons. The zero-order valence-electron chi connectivity index (χ0n) is 13.6. The van der Waals surface area contributed by atoms with Gasteiger partial charge in [-0.3, -0.25) is 14.4 Å². The van der Waals surface area contributed by atoms with Crippen molar-refractivity contribution in [1.29, 1.82) is 0 Å². The van der Waals surface area contributed by atoms with E-state index in [2.05, 4.69) is 16.0 Å². The highest BCUT2D eigenvalue weighted by Gasteiger charge is 2.20. The molecule has 9 nitrogen and oxygen atoms in total. The van der Waals surface area contributed by atoms with Gasteiger partial charge in [0.05, 0.1) is 13.1 Å². The van der Waals surface area contributed by atoms with Crippen LogP contribution in [0.4, 0.5) is 0 Å². The number of carbonyl (C=O) groups excluding carboxylic acids is 2. The van der Waals surface area contributed by atoms with Gasteiger partial charge in [-0.2, -0.15) is 0 Å². The van der Waals surface area contributed by atoms with Gasteiger partial charge in [0, 0.05) is 12.0 Å².